The van der Waals surface area contributed by atoms with Crippen molar-refractivity contribution < 1.29 is 32.1 Å². The molecule has 1 aliphatic heterocycles. The van der Waals surface area contributed by atoms with Crippen LogP contribution >= 0.6 is 0 Å². The van der Waals surface area contributed by atoms with E-state index in [0.717, 1.165) is 11.6 Å². The third-order valence-corrected chi connectivity index (χ3v) is 6.76. The maximum absolute atomic E-state index is 14.3. The molecule has 5 rings (SSSR count). The van der Waals surface area contributed by atoms with Crippen LogP contribution < -0.4 is 10.1 Å². The van der Waals surface area contributed by atoms with Crippen molar-refractivity contribution in [2.75, 3.05) is 19.0 Å². The van der Waals surface area contributed by atoms with Gasteiger partial charge in [0.15, 0.2) is 5.60 Å². The SMILES string of the molecule is COc1ccc(F)cc1C1(C)CC(CNc2cc(C)cc3c2cnn3-c2cccc(O)c2)(C(F)(F)F)O1. The lowest BCUT2D eigenvalue weighted by Crippen LogP contribution is -2.67. The van der Waals surface area contributed by atoms with Gasteiger partial charge in [0.05, 0.1) is 36.7 Å². The average Bonchev–Trinajstić information content (AvgIpc) is 3.24. The van der Waals surface area contributed by atoms with E-state index in [2.05, 4.69) is 10.4 Å². The number of methoxy groups -OCH3 is 1. The summed E-state index contributed by atoms with van der Waals surface area (Å²) in [5.41, 5.74) is -1.10. The van der Waals surface area contributed by atoms with E-state index in [1.807, 2.05) is 13.0 Å². The van der Waals surface area contributed by atoms with Crippen molar-refractivity contribution in [2.45, 2.75) is 37.6 Å². The van der Waals surface area contributed by atoms with Crippen molar-refractivity contribution in [3.05, 3.63) is 77.7 Å². The summed E-state index contributed by atoms with van der Waals surface area (Å²) >= 11 is 0. The molecule has 0 spiro atoms. The molecule has 6 nitrogen and oxygen atoms in total. The number of aromatic hydroxyl groups is 1. The zero-order valence-electron chi connectivity index (χ0n) is 20.4. The van der Waals surface area contributed by atoms with Gasteiger partial charge in [0.25, 0.3) is 0 Å². The van der Waals surface area contributed by atoms with Gasteiger partial charge < -0.3 is 19.9 Å². The van der Waals surface area contributed by atoms with E-state index in [9.17, 15) is 22.7 Å². The topological polar surface area (TPSA) is 68.5 Å². The van der Waals surface area contributed by atoms with Crippen LogP contribution in [-0.4, -0.2) is 40.3 Å². The molecule has 194 valence electrons. The van der Waals surface area contributed by atoms with Gasteiger partial charge in [0.1, 0.15) is 17.3 Å². The lowest BCUT2D eigenvalue weighted by Gasteiger charge is -2.55. The van der Waals surface area contributed by atoms with Crippen molar-refractivity contribution in [3.63, 3.8) is 0 Å². The number of fused-ring (bicyclic) bond motifs is 1. The molecule has 1 aromatic heterocycles. The van der Waals surface area contributed by atoms with Gasteiger partial charge in [-0.05, 0) is 61.9 Å². The molecule has 10 heteroatoms. The Balaban J connectivity index is 1.46. The van der Waals surface area contributed by atoms with Gasteiger partial charge in [-0.1, -0.05) is 6.07 Å². The number of nitrogens with zero attached hydrogens (tertiary/aromatic N) is 2. The van der Waals surface area contributed by atoms with E-state index >= 15 is 0 Å². The zero-order valence-corrected chi connectivity index (χ0v) is 20.4. The van der Waals surface area contributed by atoms with E-state index < -0.39 is 36.2 Å². The minimum Gasteiger partial charge on any atom is -0.508 e. The predicted molar refractivity (Wildman–Crippen MR) is 131 cm³/mol. The molecule has 0 radical (unpaired) electrons. The Hall–Kier alpha value is -3.79. The Labute approximate surface area is 210 Å². The lowest BCUT2D eigenvalue weighted by atomic mass is 9.75. The quantitative estimate of drug-likeness (QED) is 0.298. The van der Waals surface area contributed by atoms with Crippen LogP contribution in [0.3, 0.4) is 0 Å². The van der Waals surface area contributed by atoms with E-state index in [1.165, 1.54) is 32.2 Å². The molecule has 1 aliphatic rings. The Bertz CT molecular complexity index is 1480. The van der Waals surface area contributed by atoms with Gasteiger partial charge in [0, 0.05) is 29.1 Å². The first kappa shape index (κ1) is 24.9. The third-order valence-electron chi connectivity index (χ3n) is 6.76. The van der Waals surface area contributed by atoms with Crippen LogP contribution in [-0.2, 0) is 10.3 Å². The summed E-state index contributed by atoms with van der Waals surface area (Å²) < 4.78 is 69.4. The highest BCUT2D eigenvalue weighted by atomic mass is 19.4. The Kier molecular flexibility index (Phi) is 5.82. The second-order valence-electron chi connectivity index (χ2n) is 9.52. The number of alkyl halides is 3. The maximum atomic E-state index is 14.3. The second kappa shape index (κ2) is 8.65. The Morgan fingerprint density at radius 2 is 1.92 bits per heavy atom. The number of phenolic OH excluding ortho intramolecular Hbond substituents is 1. The fourth-order valence-corrected chi connectivity index (χ4v) is 5.05. The van der Waals surface area contributed by atoms with Gasteiger partial charge >= 0.3 is 6.18 Å². The van der Waals surface area contributed by atoms with Crippen LogP contribution in [0.2, 0.25) is 0 Å². The highest BCUT2D eigenvalue weighted by Gasteiger charge is 2.68. The standard InChI is InChI=1S/C27H25F4N3O3/c1-16-9-22(20-13-33-34(23(20)10-16)18-5-4-6-19(35)12-18)32-15-26(27(29,30)31)14-25(2,37-26)21-11-17(28)7-8-24(21)36-3/h4-13,32,35H,14-15H2,1-3H3. The number of phenols is 1. The van der Waals surface area contributed by atoms with Crippen molar-refractivity contribution in [1.82, 2.24) is 9.78 Å². The second-order valence-corrected chi connectivity index (χ2v) is 9.52. The Morgan fingerprint density at radius 3 is 2.59 bits per heavy atom. The molecule has 2 unspecified atom stereocenters. The highest BCUT2D eigenvalue weighted by Crippen LogP contribution is 2.57. The fraction of sp³-hybridized carbons (Fsp3) is 0.296. The van der Waals surface area contributed by atoms with Crippen molar-refractivity contribution in [1.29, 1.82) is 0 Å². The van der Waals surface area contributed by atoms with Crippen molar-refractivity contribution in [3.8, 4) is 17.2 Å². The first-order valence-corrected chi connectivity index (χ1v) is 11.6. The summed E-state index contributed by atoms with van der Waals surface area (Å²) in [6.07, 6.45) is -3.55. The van der Waals surface area contributed by atoms with Gasteiger partial charge in [-0.2, -0.15) is 18.3 Å². The minimum atomic E-state index is -4.69. The molecular formula is C27H25F4N3O3. The largest absolute Gasteiger partial charge is 0.508 e. The number of nitrogens with one attached hydrogen (secondary N) is 1. The fourth-order valence-electron chi connectivity index (χ4n) is 5.05. The van der Waals surface area contributed by atoms with Crippen LogP contribution in [0.4, 0.5) is 23.2 Å². The van der Waals surface area contributed by atoms with E-state index in [-0.39, 0.29) is 17.1 Å². The molecule has 4 aromatic rings. The smallest absolute Gasteiger partial charge is 0.419 e. The third kappa shape index (κ3) is 4.25. The number of anilines is 1. The molecule has 3 aromatic carbocycles. The van der Waals surface area contributed by atoms with Gasteiger partial charge in [-0.25, -0.2) is 9.07 Å². The zero-order chi connectivity index (χ0) is 26.6. The summed E-state index contributed by atoms with van der Waals surface area (Å²) in [6, 6.07) is 13.8. The van der Waals surface area contributed by atoms with E-state index in [0.29, 0.717) is 22.3 Å². The maximum Gasteiger partial charge on any atom is 0.419 e. The Morgan fingerprint density at radius 1 is 1.16 bits per heavy atom. The molecule has 2 atom stereocenters. The predicted octanol–water partition coefficient (Wildman–Crippen LogP) is 6.24. The minimum absolute atomic E-state index is 0.0689. The molecule has 0 saturated carbocycles. The molecule has 0 bridgehead atoms. The summed E-state index contributed by atoms with van der Waals surface area (Å²) in [5.74, 6) is -0.263. The number of halogens is 4. The number of hydrogen-bond acceptors (Lipinski definition) is 5. The number of aryl methyl sites for hydroxylation is 1. The summed E-state index contributed by atoms with van der Waals surface area (Å²) in [5, 5.41) is 17.8. The van der Waals surface area contributed by atoms with Crippen molar-refractivity contribution >= 4 is 16.6 Å². The molecule has 1 fully saturated rings. The van der Waals surface area contributed by atoms with Crippen LogP contribution in [0.15, 0.2) is 60.8 Å². The van der Waals surface area contributed by atoms with Gasteiger partial charge in [-0.15, -0.1) is 0 Å². The van der Waals surface area contributed by atoms with Gasteiger partial charge in [0.2, 0.25) is 0 Å². The first-order chi connectivity index (χ1) is 17.4. The monoisotopic (exact) mass is 515 g/mol. The molecule has 2 N–H and O–H groups in total. The number of aromatic nitrogens is 2. The highest BCUT2D eigenvalue weighted by molar-refractivity contribution is 5.93. The number of rotatable bonds is 6. The molecule has 2 heterocycles. The van der Waals surface area contributed by atoms with Crippen LogP contribution in [0.5, 0.6) is 11.5 Å². The van der Waals surface area contributed by atoms with Crippen LogP contribution in [0.1, 0.15) is 24.5 Å². The van der Waals surface area contributed by atoms with E-state index in [4.69, 9.17) is 9.47 Å². The number of ether oxygens (including phenoxy) is 2. The summed E-state index contributed by atoms with van der Waals surface area (Å²) in [6.45, 7) is 2.77. The number of hydrogen-bond donors (Lipinski definition) is 2. The lowest BCUT2D eigenvalue weighted by molar-refractivity contribution is -0.380. The summed E-state index contributed by atoms with van der Waals surface area (Å²) in [7, 11) is 1.37. The average molecular weight is 516 g/mol. The first-order valence-electron chi connectivity index (χ1n) is 11.6. The molecule has 0 aliphatic carbocycles. The number of benzene rings is 3. The van der Waals surface area contributed by atoms with Crippen molar-refractivity contribution in [2.24, 2.45) is 0 Å². The normalized spacial score (nSPS) is 21.6. The molecule has 1 saturated heterocycles. The van der Waals surface area contributed by atoms with E-state index in [1.54, 1.807) is 35.1 Å². The molecule has 37 heavy (non-hydrogen) atoms. The molecular weight excluding hydrogens is 490 g/mol. The summed E-state index contributed by atoms with van der Waals surface area (Å²) in [4.78, 5) is 0. The molecule has 0 amide bonds. The van der Waals surface area contributed by atoms with Crippen LogP contribution in [0.25, 0.3) is 16.6 Å². The van der Waals surface area contributed by atoms with Crippen LogP contribution in [0, 0.1) is 12.7 Å². The van der Waals surface area contributed by atoms with Gasteiger partial charge in [-0.3, -0.25) is 0 Å².